The number of phenols is 1. The van der Waals surface area contributed by atoms with Gasteiger partial charge in [-0.1, -0.05) is 23.2 Å². The van der Waals surface area contributed by atoms with Crippen LogP contribution < -0.4 is 5.32 Å². The fraction of sp³-hybridized carbons (Fsp3) is 0. The standard InChI is InChI=1S/C13H6Cl2F3NO2/c14-7-3-6(11(20)4-9(7)17)13(21)19-12-8(15)1-5(16)2-10(12)18/h1-4,20H,(H,19,21). The highest BCUT2D eigenvalue weighted by Gasteiger charge is 2.18. The van der Waals surface area contributed by atoms with Gasteiger partial charge in [0.15, 0.2) is 5.82 Å². The van der Waals surface area contributed by atoms with Crippen LogP contribution in [-0.2, 0) is 0 Å². The number of halogens is 5. The first kappa shape index (κ1) is 15.5. The molecular formula is C13H6Cl2F3NO2. The summed E-state index contributed by atoms with van der Waals surface area (Å²) in [5, 5.41) is 10.8. The van der Waals surface area contributed by atoms with Crippen molar-refractivity contribution in [1.82, 2.24) is 0 Å². The molecule has 0 heterocycles. The van der Waals surface area contributed by atoms with Crippen LogP contribution in [0.2, 0.25) is 10.0 Å². The monoisotopic (exact) mass is 335 g/mol. The van der Waals surface area contributed by atoms with E-state index in [0.717, 1.165) is 12.1 Å². The lowest BCUT2D eigenvalue weighted by Gasteiger charge is -2.10. The molecule has 8 heteroatoms. The molecule has 21 heavy (non-hydrogen) atoms. The molecule has 2 aromatic carbocycles. The van der Waals surface area contributed by atoms with Gasteiger partial charge in [0, 0.05) is 12.1 Å². The molecule has 2 rings (SSSR count). The molecule has 0 unspecified atom stereocenters. The van der Waals surface area contributed by atoms with Crippen LogP contribution in [0.3, 0.4) is 0 Å². The second-order valence-electron chi connectivity index (χ2n) is 3.98. The lowest BCUT2D eigenvalue weighted by Crippen LogP contribution is -2.14. The normalized spacial score (nSPS) is 10.5. The maximum atomic E-state index is 13.5. The van der Waals surface area contributed by atoms with Crippen molar-refractivity contribution in [1.29, 1.82) is 0 Å². The average molecular weight is 336 g/mol. The first-order valence-corrected chi connectivity index (χ1v) is 6.19. The van der Waals surface area contributed by atoms with Gasteiger partial charge in [-0.15, -0.1) is 0 Å². The van der Waals surface area contributed by atoms with Crippen LogP contribution in [0.4, 0.5) is 18.9 Å². The fourth-order valence-corrected chi connectivity index (χ4v) is 1.97. The average Bonchev–Trinajstić information content (AvgIpc) is 2.37. The van der Waals surface area contributed by atoms with Crippen molar-refractivity contribution in [2.24, 2.45) is 0 Å². The number of aromatic hydroxyl groups is 1. The second kappa shape index (κ2) is 5.83. The molecule has 0 aliphatic carbocycles. The molecule has 2 aromatic rings. The number of anilines is 1. The number of rotatable bonds is 2. The lowest BCUT2D eigenvalue weighted by molar-refractivity contribution is 0.102. The zero-order valence-corrected chi connectivity index (χ0v) is 11.6. The van der Waals surface area contributed by atoms with Gasteiger partial charge in [0.25, 0.3) is 5.91 Å². The molecule has 0 spiro atoms. The lowest BCUT2D eigenvalue weighted by atomic mass is 10.1. The summed E-state index contributed by atoms with van der Waals surface area (Å²) in [6, 6.07) is 2.84. The molecule has 0 aromatic heterocycles. The first-order valence-electron chi connectivity index (χ1n) is 5.43. The van der Waals surface area contributed by atoms with E-state index in [2.05, 4.69) is 5.32 Å². The molecule has 2 N–H and O–H groups in total. The smallest absolute Gasteiger partial charge is 0.259 e. The molecule has 3 nitrogen and oxygen atoms in total. The van der Waals surface area contributed by atoms with Crippen molar-refractivity contribution < 1.29 is 23.1 Å². The van der Waals surface area contributed by atoms with Crippen molar-refractivity contribution in [3.63, 3.8) is 0 Å². The molecule has 0 bridgehead atoms. The van der Waals surface area contributed by atoms with E-state index in [4.69, 9.17) is 23.2 Å². The minimum Gasteiger partial charge on any atom is -0.507 e. The van der Waals surface area contributed by atoms with Gasteiger partial charge >= 0.3 is 0 Å². The minimum atomic E-state index is -1.10. The number of amides is 1. The molecule has 0 aliphatic rings. The third-order valence-electron chi connectivity index (χ3n) is 2.53. The summed E-state index contributed by atoms with van der Waals surface area (Å²) in [5.41, 5.74) is -0.857. The number of hydrogen-bond acceptors (Lipinski definition) is 2. The Bertz CT molecular complexity index is 715. The Morgan fingerprint density at radius 1 is 1.00 bits per heavy atom. The van der Waals surface area contributed by atoms with E-state index in [9.17, 15) is 23.1 Å². The highest BCUT2D eigenvalue weighted by Crippen LogP contribution is 2.29. The van der Waals surface area contributed by atoms with Crippen LogP contribution in [0, 0.1) is 17.5 Å². The van der Waals surface area contributed by atoms with Crippen LogP contribution in [-0.4, -0.2) is 11.0 Å². The van der Waals surface area contributed by atoms with Gasteiger partial charge in [0.1, 0.15) is 17.4 Å². The maximum absolute atomic E-state index is 13.5. The molecule has 0 saturated carbocycles. The van der Waals surface area contributed by atoms with Crippen LogP contribution in [0.1, 0.15) is 10.4 Å². The zero-order chi connectivity index (χ0) is 15.7. The predicted molar refractivity (Wildman–Crippen MR) is 72.4 cm³/mol. The number of carbonyl (C=O) groups excluding carboxylic acids is 1. The van der Waals surface area contributed by atoms with Crippen LogP contribution in [0.15, 0.2) is 24.3 Å². The molecule has 0 fully saturated rings. The number of phenolic OH excluding ortho intramolecular Hbond substituents is 1. The van der Waals surface area contributed by atoms with E-state index in [1.165, 1.54) is 0 Å². The molecule has 0 saturated heterocycles. The van der Waals surface area contributed by atoms with Crippen LogP contribution in [0.5, 0.6) is 5.75 Å². The van der Waals surface area contributed by atoms with Gasteiger partial charge in [-0.25, -0.2) is 13.2 Å². The molecule has 1 amide bonds. The predicted octanol–water partition coefficient (Wildman–Crippen LogP) is 4.37. The van der Waals surface area contributed by atoms with Crippen molar-refractivity contribution in [2.75, 3.05) is 5.32 Å². The molecule has 0 radical (unpaired) electrons. The minimum absolute atomic E-state index is 0.367. The van der Waals surface area contributed by atoms with Crippen LogP contribution >= 0.6 is 23.2 Å². The summed E-state index contributed by atoms with van der Waals surface area (Å²) in [4.78, 5) is 11.9. The fourth-order valence-electron chi connectivity index (χ4n) is 1.56. The Morgan fingerprint density at radius 2 is 1.67 bits per heavy atom. The largest absolute Gasteiger partial charge is 0.507 e. The summed E-state index contributed by atoms with van der Waals surface area (Å²) in [6.07, 6.45) is 0. The third-order valence-corrected chi connectivity index (χ3v) is 3.12. The second-order valence-corrected chi connectivity index (χ2v) is 4.80. The Kier molecular flexibility index (Phi) is 4.29. The van der Waals surface area contributed by atoms with E-state index >= 15 is 0 Å². The maximum Gasteiger partial charge on any atom is 0.259 e. The Hall–Kier alpha value is -1.92. The van der Waals surface area contributed by atoms with Gasteiger partial charge in [0.2, 0.25) is 0 Å². The third kappa shape index (κ3) is 3.22. The van der Waals surface area contributed by atoms with Gasteiger partial charge in [0.05, 0.1) is 21.3 Å². The summed E-state index contributed by atoms with van der Waals surface area (Å²) in [6.45, 7) is 0. The topological polar surface area (TPSA) is 49.3 Å². The van der Waals surface area contributed by atoms with Crippen molar-refractivity contribution in [3.05, 3.63) is 57.3 Å². The Morgan fingerprint density at radius 3 is 2.29 bits per heavy atom. The van der Waals surface area contributed by atoms with Gasteiger partial charge in [-0.2, -0.15) is 0 Å². The van der Waals surface area contributed by atoms with Crippen molar-refractivity contribution in [2.45, 2.75) is 0 Å². The summed E-state index contributed by atoms with van der Waals surface area (Å²) in [7, 11) is 0. The van der Waals surface area contributed by atoms with E-state index in [1.54, 1.807) is 0 Å². The van der Waals surface area contributed by atoms with E-state index < -0.39 is 39.8 Å². The zero-order valence-electron chi connectivity index (χ0n) is 10.1. The van der Waals surface area contributed by atoms with Crippen molar-refractivity contribution >= 4 is 34.8 Å². The molecule has 110 valence electrons. The number of benzene rings is 2. The van der Waals surface area contributed by atoms with E-state index in [-0.39, 0.29) is 10.6 Å². The van der Waals surface area contributed by atoms with Gasteiger partial charge in [-0.3, -0.25) is 4.79 Å². The SMILES string of the molecule is O=C(Nc1c(F)cc(F)cc1Cl)c1cc(Cl)c(F)cc1O. The number of carbonyl (C=O) groups is 1. The molecular weight excluding hydrogens is 330 g/mol. The molecule has 0 atom stereocenters. The van der Waals surface area contributed by atoms with Crippen LogP contribution in [0.25, 0.3) is 0 Å². The van der Waals surface area contributed by atoms with E-state index in [0.29, 0.717) is 12.1 Å². The first-order chi connectivity index (χ1) is 9.79. The van der Waals surface area contributed by atoms with Crippen molar-refractivity contribution in [3.8, 4) is 5.75 Å². The van der Waals surface area contributed by atoms with Gasteiger partial charge in [-0.05, 0) is 12.1 Å². The highest BCUT2D eigenvalue weighted by molar-refractivity contribution is 6.34. The van der Waals surface area contributed by atoms with Gasteiger partial charge < -0.3 is 10.4 Å². The summed E-state index contributed by atoms with van der Waals surface area (Å²) >= 11 is 11.1. The summed E-state index contributed by atoms with van der Waals surface area (Å²) in [5.74, 6) is -4.60. The molecule has 0 aliphatic heterocycles. The quantitative estimate of drug-likeness (QED) is 0.856. The Balaban J connectivity index is 2.37. The number of nitrogens with one attached hydrogen (secondary N) is 1. The summed E-state index contributed by atoms with van der Waals surface area (Å²) < 4.78 is 39.5. The Labute approximate surface area is 126 Å². The highest BCUT2D eigenvalue weighted by atomic mass is 35.5. The van der Waals surface area contributed by atoms with E-state index in [1.807, 2.05) is 0 Å². The number of hydrogen-bond donors (Lipinski definition) is 2.